The van der Waals surface area contributed by atoms with Crippen molar-refractivity contribution in [1.82, 2.24) is 9.62 Å². The number of benzene rings is 1. The van der Waals surface area contributed by atoms with Gasteiger partial charge in [0, 0.05) is 37.8 Å². The molecular weight excluding hydrogens is 314 g/mol. The normalized spacial score (nSPS) is 26.2. The molecule has 2 saturated heterocycles. The third-order valence-electron chi connectivity index (χ3n) is 4.63. The lowest BCUT2D eigenvalue weighted by Crippen LogP contribution is -2.39. The molecule has 1 amide bonds. The van der Waals surface area contributed by atoms with Crippen molar-refractivity contribution in [3.63, 3.8) is 0 Å². The summed E-state index contributed by atoms with van der Waals surface area (Å²) in [6.07, 6.45) is 1.42. The molecule has 1 N–H and O–H groups in total. The minimum atomic E-state index is -3.53. The zero-order valence-corrected chi connectivity index (χ0v) is 14.3. The van der Waals surface area contributed by atoms with Crippen LogP contribution in [0.25, 0.3) is 0 Å². The van der Waals surface area contributed by atoms with E-state index in [9.17, 15) is 13.2 Å². The summed E-state index contributed by atoms with van der Waals surface area (Å²) in [5.74, 6) is 0.387. The van der Waals surface area contributed by atoms with Gasteiger partial charge in [-0.05, 0) is 43.7 Å². The Morgan fingerprint density at radius 3 is 2.39 bits per heavy atom. The maximum absolute atomic E-state index is 12.5. The first-order valence-electron chi connectivity index (χ1n) is 7.98. The molecule has 2 atom stereocenters. The van der Waals surface area contributed by atoms with Gasteiger partial charge in [0.25, 0.3) is 0 Å². The average molecular weight is 337 g/mol. The predicted molar refractivity (Wildman–Crippen MR) is 88.8 cm³/mol. The minimum Gasteiger partial charge on any atom is -0.312 e. The summed E-state index contributed by atoms with van der Waals surface area (Å²) in [5.41, 5.74) is 0.764. The molecule has 0 unspecified atom stereocenters. The Bertz CT molecular complexity index is 687. The number of hydrogen-bond acceptors (Lipinski definition) is 4. The lowest BCUT2D eigenvalue weighted by atomic mass is 10.1. The molecule has 0 aromatic heterocycles. The maximum Gasteiger partial charge on any atom is 0.240 e. The highest BCUT2D eigenvalue weighted by molar-refractivity contribution is 7.89. The van der Waals surface area contributed by atoms with E-state index in [2.05, 4.69) is 16.5 Å². The fourth-order valence-corrected chi connectivity index (χ4v) is 4.69. The highest BCUT2D eigenvalue weighted by Crippen LogP contribution is 2.24. The number of likely N-dealkylation sites (tertiary alicyclic amines) is 1. The molecule has 23 heavy (non-hydrogen) atoms. The SMILES string of the molecule is C[C@@H]1CN(C)C[C@H]1NS(=O)(=O)c1ccc(N2CCCC2=O)cc1. The quantitative estimate of drug-likeness (QED) is 0.891. The van der Waals surface area contributed by atoms with E-state index in [1.165, 1.54) is 0 Å². The minimum absolute atomic E-state index is 0.0650. The van der Waals surface area contributed by atoms with Crippen molar-refractivity contribution in [1.29, 1.82) is 0 Å². The lowest BCUT2D eigenvalue weighted by Gasteiger charge is -2.18. The zero-order chi connectivity index (χ0) is 16.6. The van der Waals surface area contributed by atoms with Gasteiger partial charge in [0.05, 0.1) is 4.90 Å². The molecule has 2 fully saturated rings. The Morgan fingerprint density at radius 2 is 1.87 bits per heavy atom. The van der Waals surface area contributed by atoms with E-state index in [0.717, 1.165) is 25.2 Å². The van der Waals surface area contributed by atoms with Gasteiger partial charge in [-0.3, -0.25) is 4.79 Å². The molecule has 2 aliphatic rings. The number of amides is 1. The molecule has 2 heterocycles. The van der Waals surface area contributed by atoms with Crippen molar-refractivity contribution in [3.8, 4) is 0 Å². The van der Waals surface area contributed by atoms with Crippen molar-refractivity contribution in [3.05, 3.63) is 24.3 Å². The highest BCUT2D eigenvalue weighted by atomic mass is 32.2. The second kappa shape index (κ2) is 6.22. The monoisotopic (exact) mass is 337 g/mol. The van der Waals surface area contributed by atoms with Crippen LogP contribution in [0, 0.1) is 5.92 Å². The Hall–Kier alpha value is -1.44. The molecule has 1 aromatic rings. The number of sulfonamides is 1. The fraction of sp³-hybridized carbons (Fsp3) is 0.562. The fourth-order valence-electron chi connectivity index (χ4n) is 3.36. The zero-order valence-electron chi connectivity index (χ0n) is 13.5. The van der Waals surface area contributed by atoms with Crippen molar-refractivity contribution in [2.75, 3.05) is 31.6 Å². The first-order chi connectivity index (χ1) is 10.9. The molecule has 0 aliphatic carbocycles. The molecule has 0 spiro atoms. The van der Waals surface area contributed by atoms with E-state index < -0.39 is 10.0 Å². The summed E-state index contributed by atoms with van der Waals surface area (Å²) in [5, 5.41) is 0. The summed E-state index contributed by atoms with van der Waals surface area (Å²) < 4.78 is 27.9. The summed E-state index contributed by atoms with van der Waals surface area (Å²) >= 11 is 0. The molecule has 0 radical (unpaired) electrons. The third-order valence-corrected chi connectivity index (χ3v) is 6.14. The number of carbonyl (C=O) groups excluding carboxylic acids is 1. The summed E-state index contributed by atoms with van der Waals surface area (Å²) in [6, 6.07) is 6.51. The number of nitrogens with zero attached hydrogens (tertiary/aromatic N) is 2. The van der Waals surface area contributed by atoms with Crippen LogP contribution in [0.3, 0.4) is 0 Å². The van der Waals surface area contributed by atoms with Crippen LogP contribution in [-0.2, 0) is 14.8 Å². The Labute approximate surface area is 137 Å². The number of likely N-dealkylation sites (N-methyl/N-ethyl adjacent to an activating group) is 1. The molecule has 7 heteroatoms. The van der Waals surface area contributed by atoms with Crippen LogP contribution in [0.1, 0.15) is 19.8 Å². The first-order valence-corrected chi connectivity index (χ1v) is 9.46. The number of carbonyl (C=O) groups is 1. The van der Waals surface area contributed by atoms with Gasteiger partial charge >= 0.3 is 0 Å². The van der Waals surface area contributed by atoms with E-state index in [-0.39, 0.29) is 22.8 Å². The molecular formula is C16H23N3O3S. The van der Waals surface area contributed by atoms with Gasteiger partial charge in [0.15, 0.2) is 0 Å². The van der Waals surface area contributed by atoms with Gasteiger partial charge in [-0.2, -0.15) is 0 Å². The first kappa shape index (κ1) is 16.4. The molecule has 0 saturated carbocycles. The number of hydrogen-bond donors (Lipinski definition) is 1. The van der Waals surface area contributed by atoms with E-state index in [1.54, 1.807) is 29.2 Å². The second-order valence-electron chi connectivity index (χ2n) is 6.57. The van der Waals surface area contributed by atoms with Crippen molar-refractivity contribution < 1.29 is 13.2 Å². The molecule has 0 bridgehead atoms. The largest absolute Gasteiger partial charge is 0.312 e. The van der Waals surface area contributed by atoms with Gasteiger partial charge < -0.3 is 9.80 Å². The Morgan fingerprint density at radius 1 is 1.17 bits per heavy atom. The summed E-state index contributed by atoms with van der Waals surface area (Å²) in [7, 11) is -1.54. The van der Waals surface area contributed by atoms with E-state index in [0.29, 0.717) is 13.0 Å². The number of anilines is 1. The van der Waals surface area contributed by atoms with Gasteiger partial charge in [-0.15, -0.1) is 0 Å². The van der Waals surface area contributed by atoms with E-state index >= 15 is 0 Å². The molecule has 2 aliphatic heterocycles. The predicted octanol–water partition coefficient (Wildman–Crippen LogP) is 1.04. The van der Waals surface area contributed by atoms with Crippen LogP contribution in [0.15, 0.2) is 29.2 Å². The number of rotatable bonds is 4. The molecule has 6 nitrogen and oxygen atoms in total. The second-order valence-corrected chi connectivity index (χ2v) is 8.28. The summed E-state index contributed by atoms with van der Waals surface area (Å²) in [4.78, 5) is 15.8. The van der Waals surface area contributed by atoms with Crippen molar-refractivity contribution in [2.24, 2.45) is 5.92 Å². The van der Waals surface area contributed by atoms with Crippen LogP contribution < -0.4 is 9.62 Å². The van der Waals surface area contributed by atoms with Gasteiger partial charge in [-0.25, -0.2) is 13.1 Å². The van der Waals surface area contributed by atoms with E-state index in [4.69, 9.17) is 0 Å². The lowest BCUT2D eigenvalue weighted by molar-refractivity contribution is -0.117. The van der Waals surface area contributed by atoms with Crippen LogP contribution in [0.2, 0.25) is 0 Å². The standard InChI is InChI=1S/C16H23N3O3S/c1-12-10-18(2)11-15(12)17-23(21,22)14-7-5-13(6-8-14)19-9-3-4-16(19)20/h5-8,12,15,17H,3-4,9-11H2,1-2H3/t12-,15-/m1/s1. The molecule has 3 rings (SSSR count). The van der Waals surface area contributed by atoms with Crippen LogP contribution in [-0.4, -0.2) is 51.9 Å². The number of nitrogens with one attached hydrogen (secondary N) is 1. The van der Waals surface area contributed by atoms with Gasteiger partial charge in [-0.1, -0.05) is 6.92 Å². The third kappa shape index (κ3) is 3.41. The maximum atomic E-state index is 12.5. The van der Waals surface area contributed by atoms with E-state index in [1.807, 2.05) is 7.05 Å². The molecule has 126 valence electrons. The average Bonchev–Trinajstić information content (AvgIpc) is 3.04. The van der Waals surface area contributed by atoms with Gasteiger partial charge in [0.2, 0.25) is 15.9 Å². The Kier molecular flexibility index (Phi) is 4.44. The summed E-state index contributed by atoms with van der Waals surface area (Å²) in [6.45, 7) is 4.37. The van der Waals surface area contributed by atoms with Crippen molar-refractivity contribution >= 4 is 21.6 Å². The van der Waals surface area contributed by atoms with Gasteiger partial charge in [0.1, 0.15) is 0 Å². The van der Waals surface area contributed by atoms with Crippen LogP contribution >= 0.6 is 0 Å². The Balaban J connectivity index is 1.74. The topological polar surface area (TPSA) is 69.7 Å². The smallest absolute Gasteiger partial charge is 0.240 e. The van der Waals surface area contributed by atoms with Crippen molar-refractivity contribution in [2.45, 2.75) is 30.7 Å². The highest BCUT2D eigenvalue weighted by Gasteiger charge is 2.31. The molecule has 1 aromatic carbocycles. The van der Waals surface area contributed by atoms with Crippen LogP contribution in [0.4, 0.5) is 5.69 Å². The van der Waals surface area contributed by atoms with Crippen LogP contribution in [0.5, 0.6) is 0 Å².